The van der Waals surface area contributed by atoms with Crippen LogP contribution in [-0.4, -0.2) is 38.4 Å². The van der Waals surface area contributed by atoms with E-state index in [1.807, 2.05) is 13.8 Å². The van der Waals surface area contributed by atoms with Gasteiger partial charge in [-0.3, -0.25) is 9.78 Å². The lowest BCUT2D eigenvalue weighted by molar-refractivity contribution is -0.368. The van der Waals surface area contributed by atoms with E-state index in [2.05, 4.69) is 6.92 Å². The number of hydrogen-bond acceptors (Lipinski definition) is 9. The molecule has 0 bridgehead atoms. The monoisotopic (exact) mass is 432 g/mol. The van der Waals surface area contributed by atoms with Gasteiger partial charge in [-0.05, 0) is 57.2 Å². The number of ether oxygens (including phenoxy) is 3. The second kappa shape index (κ2) is 13.2. The van der Waals surface area contributed by atoms with Gasteiger partial charge in [-0.25, -0.2) is 9.59 Å². The average Bonchev–Trinajstić information content (AvgIpc) is 2.79. The highest BCUT2D eigenvalue weighted by atomic mass is 17.3. The van der Waals surface area contributed by atoms with Crippen LogP contribution in [0.4, 0.5) is 0 Å². The van der Waals surface area contributed by atoms with Crippen LogP contribution in [-0.2, 0) is 24.3 Å². The molecular weight excluding hydrogens is 408 g/mol. The van der Waals surface area contributed by atoms with Crippen molar-refractivity contribution in [3.05, 3.63) is 72.9 Å². The van der Waals surface area contributed by atoms with Crippen LogP contribution in [0.25, 0.3) is 0 Å². The van der Waals surface area contributed by atoms with Crippen molar-refractivity contribution in [3.8, 4) is 11.5 Å². The molecule has 2 rings (SSSR count). The summed E-state index contributed by atoms with van der Waals surface area (Å²) in [6.45, 7) is 7.83. The Morgan fingerprint density at radius 2 is 1.26 bits per heavy atom. The third-order valence-corrected chi connectivity index (χ3v) is 3.55. The highest BCUT2D eigenvalue weighted by Gasteiger charge is 2.22. The molecule has 0 heterocycles. The van der Waals surface area contributed by atoms with E-state index in [0.29, 0.717) is 24.7 Å². The largest absolute Gasteiger partial charge is 0.494 e. The van der Waals surface area contributed by atoms with Gasteiger partial charge in [-0.15, -0.1) is 9.78 Å². The molecule has 9 heteroatoms. The Morgan fingerprint density at radius 1 is 0.774 bits per heavy atom. The summed E-state index contributed by atoms with van der Waals surface area (Å²) in [5.74, 6) is -0.622. The minimum Gasteiger partial charge on any atom is -0.494 e. The predicted octanol–water partition coefficient (Wildman–Crippen LogP) is 3.70. The number of rotatable bonds is 13. The summed E-state index contributed by atoms with van der Waals surface area (Å²) in [5, 5.41) is 0. The number of benzene rings is 2. The van der Waals surface area contributed by atoms with E-state index in [9.17, 15) is 9.59 Å². The maximum Gasteiger partial charge on any atom is 0.373 e. The van der Waals surface area contributed by atoms with Gasteiger partial charge in [0.05, 0.1) is 24.3 Å². The zero-order valence-corrected chi connectivity index (χ0v) is 17.3. The summed E-state index contributed by atoms with van der Waals surface area (Å²) >= 11 is 0. The summed E-state index contributed by atoms with van der Waals surface area (Å²) in [7, 11) is 0. The van der Waals surface area contributed by atoms with E-state index < -0.39 is 18.2 Å². The van der Waals surface area contributed by atoms with Gasteiger partial charge < -0.3 is 14.2 Å². The first-order valence-corrected chi connectivity index (χ1v) is 9.53. The van der Waals surface area contributed by atoms with E-state index in [1.165, 1.54) is 24.3 Å². The van der Waals surface area contributed by atoms with Crippen molar-refractivity contribution in [2.45, 2.75) is 13.8 Å². The summed E-state index contributed by atoms with van der Waals surface area (Å²) in [4.78, 5) is 43.6. The quantitative estimate of drug-likeness (QED) is 0.346. The lowest BCUT2D eigenvalue weighted by Gasteiger charge is -2.13. The SMILES string of the molecule is [CH2]COC[C](OOC(=O)c1cccc(OCC)c1)OOC(=O)c1cccc(OCC)c1. The van der Waals surface area contributed by atoms with E-state index in [4.69, 9.17) is 33.8 Å². The molecule has 9 nitrogen and oxygen atoms in total. The van der Waals surface area contributed by atoms with Crippen LogP contribution >= 0.6 is 0 Å². The zero-order valence-electron chi connectivity index (χ0n) is 17.3. The van der Waals surface area contributed by atoms with Crippen LogP contribution in [0.15, 0.2) is 48.5 Å². The first-order valence-electron chi connectivity index (χ1n) is 9.53. The Kier molecular flexibility index (Phi) is 10.3. The third-order valence-electron chi connectivity index (χ3n) is 3.55. The summed E-state index contributed by atoms with van der Waals surface area (Å²) in [5.41, 5.74) is 0.376. The Morgan fingerprint density at radius 3 is 1.68 bits per heavy atom. The lowest BCUT2D eigenvalue weighted by Crippen LogP contribution is -2.20. The van der Waals surface area contributed by atoms with Gasteiger partial charge in [0.1, 0.15) is 18.1 Å². The zero-order chi connectivity index (χ0) is 22.5. The fourth-order valence-electron chi connectivity index (χ4n) is 2.24. The van der Waals surface area contributed by atoms with Crippen molar-refractivity contribution in [3.63, 3.8) is 0 Å². The molecule has 0 aliphatic heterocycles. The van der Waals surface area contributed by atoms with Crippen LogP contribution in [0, 0.1) is 13.2 Å². The average molecular weight is 432 g/mol. The molecular formula is C22H24O9. The standard InChI is InChI=1S/C22H24O9/c1-4-25-15-20(28-30-21(23)16-9-7-11-18(13-16)26-5-2)29-31-22(24)17-10-8-12-19(14-17)27-6-3/h7-14H,1,4-6,15H2,2-3H3. The van der Waals surface area contributed by atoms with E-state index >= 15 is 0 Å². The molecule has 0 atom stereocenters. The van der Waals surface area contributed by atoms with Crippen molar-refractivity contribution < 1.29 is 43.3 Å². The number of carbonyl (C=O) groups excluding carboxylic acids is 2. The highest BCUT2D eigenvalue weighted by molar-refractivity contribution is 5.90. The second-order valence-corrected chi connectivity index (χ2v) is 5.75. The molecule has 2 radical (unpaired) electrons. The van der Waals surface area contributed by atoms with Crippen LogP contribution in [0.2, 0.25) is 0 Å². The molecule has 2 aromatic carbocycles. The molecule has 0 aliphatic carbocycles. The van der Waals surface area contributed by atoms with Crippen molar-refractivity contribution >= 4 is 11.9 Å². The van der Waals surface area contributed by atoms with Gasteiger partial charge in [0.2, 0.25) is 0 Å². The molecule has 166 valence electrons. The summed E-state index contributed by atoms with van der Waals surface area (Å²) < 4.78 is 15.7. The van der Waals surface area contributed by atoms with Gasteiger partial charge in [0.25, 0.3) is 0 Å². The molecule has 0 spiro atoms. The minimum absolute atomic E-state index is 0.0743. The summed E-state index contributed by atoms with van der Waals surface area (Å²) in [6.07, 6.45) is -0.410. The predicted molar refractivity (Wildman–Crippen MR) is 108 cm³/mol. The molecule has 31 heavy (non-hydrogen) atoms. The fourth-order valence-corrected chi connectivity index (χ4v) is 2.24. The molecule has 0 unspecified atom stereocenters. The summed E-state index contributed by atoms with van der Waals surface area (Å²) in [6, 6.07) is 12.7. The van der Waals surface area contributed by atoms with Gasteiger partial charge in [0, 0.05) is 6.61 Å². The topological polar surface area (TPSA) is 98.8 Å². The molecule has 0 N–H and O–H groups in total. The Hall–Kier alpha value is -3.14. The normalized spacial score (nSPS) is 10.6. The van der Waals surface area contributed by atoms with E-state index in [0.717, 1.165) is 0 Å². The lowest BCUT2D eigenvalue weighted by atomic mass is 10.2. The molecule has 0 aliphatic rings. The molecule has 0 amide bonds. The van der Waals surface area contributed by atoms with Gasteiger partial charge in [-0.1, -0.05) is 12.1 Å². The van der Waals surface area contributed by atoms with Gasteiger partial charge in [-0.2, -0.15) is 0 Å². The number of carbonyl (C=O) groups is 2. The van der Waals surface area contributed by atoms with Gasteiger partial charge >= 0.3 is 18.2 Å². The maximum absolute atomic E-state index is 12.2. The Balaban J connectivity index is 1.92. The van der Waals surface area contributed by atoms with Crippen molar-refractivity contribution in [1.82, 2.24) is 0 Å². The van der Waals surface area contributed by atoms with Crippen molar-refractivity contribution in [2.75, 3.05) is 26.4 Å². The molecule has 0 saturated carbocycles. The van der Waals surface area contributed by atoms with E-state index in [-0.39, 0.29) is 24.3 Å². The van der Waals surface area contributed by atoms with Crippen LogP contribution in [0.1, 0.15) is 34.6 Å². The van der Waals surface area contributed by atoms with Crippen molar-refractivity contribution in [1.29, 1.82) is 0 Å². The second-order valence-electron chi connectivity index (χ2n) is 5.75. The minimum atomic E-state index is -0.812. The molecule has 0 saturated heterocycles. The van der Waals surface area contributed by atoms with Crippen LogP contribution in [0.5, 0.6) is 11.5 Å². The Bertz CT molecular complexity index is 772. The first-order chi connectivity index (χ1) is 15.1. The molecule has 0 fully saturated rings. The smallest absolute Gasteiger partial charge is 0.373 e. The van der Waals surface area contributed by atoms with Gasteiger partial charge in [0.15, 0.2) is 0 Å². The van der Waals surface area contributed by atoms with E-state index in [1.54, 1.807) is 24.3 Å². The molecule has 2 aromatic rings. The molecule has 0 aromatic heterocycles. The van der Waals surface area contributed by atoms with Crippen LogP contribution < -0.4 is 9.47 Å². The maximum atomic E-state index is 12.2. The first kappa shape index (κ1) is 24.1. The fraction of sp³-hybridized carbons (Fsp3) is 0.273. The number of hydrogen-bond donors (Lipinski definition) is 0. The van der Waals surface area contributed by atoms with Crippen LogP contribution in [0.3, 0.4) is 0 Å². The third kappa shape index (κ3) is 8.25. The Labute approximate surface area is 180 Å². The highest BCUT2D eigenvalue weighted by Crippen LogP contribution is 2.17. The van der Waals surface area contributed by atoms with Crippen molar-refractivity contribution in [2.24, 2.45) is 0 Å².